The molecular formula is C21H13BrF3N3O2. The Labute approximate surface area is 177 Å². The van der Waals surface area contributed by atoms with E-state index >= 15 is 0 Å². The highest BCUT2D eigenvalue weighted by Gasteiger charge is 2.44. The van der Waals surface area contributed by atoms with Crippen LogP contribution in [0.15, 0.2) is 82.5 Å². The third kappa shape index (κ3) is 3.68. The largest absolute Gasteiger partial charge is 0.432 e. The summed E-state index contributed by atoms with van der Waals surface area (Å²) in [7, 11) is 0. The second-order valence-electron chi connectivity index (χ2n) is 6.61. The Kier molecular flexibility index (Phi) is 5.07. The normalized spacial score (nSPS) is 16.6. The number of hydrogen-bond donors (Lipinski definition) is 0. The Morgan fingerprint density at radius 2 is 1.77 bits per heavy atom. The summed E-state index contributed by atoms with van der Waals surface area (Å²) < 4.78 is 42.3. The van der Waals surface area contributed by atoms with E-state index in [0.717, 1.165) is 15.8 Å². The van der Waals surface area contributed by atoms with Crippen molar-refractivity contribution in [2.75, 3.05) is 5.01 Å². The average Bonchev–Trinajstić information content (AvgIpc) is 2.72. The number of fused-ring (bicyclic) bond motifs is 1. The Morgan fingerprint density at radius 1 is 1.07 bits per heavy atom. The maximum atomic E-state index is 13.9. The van der Waals surface area contributed by atoms with Gasteiger partial charge in [0.15, 0.2) is 5.71 Å². The molecule has 0 saturated carbocycles. The smallest absolute Gasteiger partial charge is 0.258 e. The Hall–Kier alpha value is -3.20. The zero-order chi connectivity index (χ0) is 21.5. The van der Waals surface area contributed by atoms with Gasteiger partial charge < -0.3 is 0 Å². The van der Waals surface area contributed by atoms with Crippen LogP contribution in [0.2, 0.25) is 0 Å². The molecule has 0 saturated heterocycles. The van der Waals surface area contributed by atoms with Crippen LogP contribution in [0.5, 0.6) is 0 Å². The summed E-state index contributed by atoms with van der Waals surface area (Å²) in [6.07, 6.45) is -2.10. The second-order valence-corrected chi connectivity index (χ2v) is 7.47. The molecule has 0 amide bonds. The first-order valence-electron chi connectivity index (χ1n) is 8.80. The van der Waals surface area contributed by atoms with Crippen molar-refractivity contribution in [1.82, 2.24) is 0 Å². The van der Waals surface area contributed by atoms with E-state index in [2.05, 4.69) is 21.0 Å². The van der Waals surface area contributed by atoms with Gasteiger partial charge in [0.1, 0.15) is 0 Å². The molecule has 30 heavy (non-hydrogen) atoms. The van der Waals surface area contributed by atoms with Gasteiger partial charge in [0.2, 0.25) is 0 Å². The lowest BCUT2D eigenvalue weighted by Crippen LogP contribution is -2.34. The number of hydrogen-bond acceptors (Lipinski definition) is 4. The van der Waals surface area contributed by atoms with E-state index < -0.39 is 22.7 Å². The van der Waals surface area contributed by atoms with Crippen molar-refractivity contribution >= 4 is 43.8 Å². The molecule has 0 bridgehead atoms. The zero-order valence-electron chi connectivity index (χ0n) is 15.2. The Morgan fingerprint density at radius 3 is 2.50 bits per heavy atom. The summed E-state index contributed by atoms with van der Waals surface area (Å²) >= 11 is 3.45. The fraction of sp³-hybridized carbons (Fsp3) is 0.0952. The maximum Gasteiger partial charge on any atom is 0.432 e. The van der Waals surface area contributed by atoms with Crippen LogP contribution in [-0.2, 0) is 0 Å². The molecule has 3 aromatic rings. The lowest BCUT2D eigenvalue weighted by molar-refractivity contribution is -0.385. The highest BCUT2D eigenvalue weighted by Crippen LogP contribution is 2.38. The predicted molar refractivity (Wildman–Crippen MR) is 113 cm³/mol. The van der Waals surface area contributed by atoms with Crippen molar-refractivity contribution in [1.29, 1.82) is 0 Å². The van der Waals surface area contributed by atoms with Crippen molar-refractivity contribution in [3.8, 4) is 0 Å². The Balaban J connectivity index is 1.81. The molecule has 1 heterocycles. The van der Waals surface area contributed by atoms with E-state index in [4.69, 9.17) is 0 Å². The molecule has 5 nitrogen and oxygen atoms in total. The Bertz CT molecular complexity index is 1210. The van der Waals surface area contributed by atoms with Crippen molar-refractivity contribution in [2.24, 2.45) is 5.10 Å². The van der Waals surface area contributed by atoms with Gasteiger partial charge in [0.05, 0.1) is 16.5 Å². The maximum absolute atomic E-state index is 13.9. The van der Waals surface area contributed by atoms with Crippen LogP contribution in [-0.4, -0.2) is 16.8 Å². The minimum Gasteiger partial charge on any atom is -0.258 e. The van der Waals surface area contributed by atoms with Crippen LogP contribution in [0, 0.1) is 10.1 Å². The van der Waals surface area contributed by atoms with Gasteiger partial charge in [-0.1, -0.05) is 64.5 Å². The van der Waals surface area contributed by atoms with E-state index in [9.17, 15) is 23.3 Å². The van der Waals surface area contributed by atoms with Gasteiger partial charge in [-0.2, -0.15) is 18.3 Å². The molecule has 1 aliphatic rings. The third-order valence-electron chi connectivity index (χ3n) is 4.75. The number of para-hydroxylation sites is 1. The van der Waals surface area contributed by atoms with Gasteiger partial charge in [-0.3, -0.25) is 10.1 Å². The predicted octanol–water partition coefficient (Wildman–Crippen LogP) is 6.55. The number of rotatable bonds is 3. The lowest BCUT2D eigenvalue weighted by atomic mass is 9.91. The monoisotopic (exact) mass is 475 g/mol. The molecule has 0 radical (unpaired) electrons. The van der Waals surface area contributed by atoms with Crippen molar-refractivity contribution in [2.45, 2.75) is 12.1 Å². The summed E-state index contributed by atoms with van der Waals surface area (Å²) in [5.74, 6) is -1.38. The van der Waals surface area contributed by atoms with Gasteiger partial charge in [0.25, 0.3) is 5.69 Å². The van der Waals surface area contributed by atoms with Crippen LogP contribution in [0.25, 0.3) is 10.8 Å². The number of anilines is 1. The number of alkyl halides is 3. The van der Waals surface area contributed by atoms with E-state index in [0.29, 0.717) is 10.2 Å². The van der Waals surface area contributed by atoms with Gasteiger partial charge in [0, 0.05) is 22.3 Å². The zero-order valence-corrected chi connectivity index (χ0v) is 16.8. The summed E-state index contributed by atoms with van der Waals surface area (Å²) in [5, 5.41) is 18.0. The van der Waals surface area contributed by atoms with E-state index in [1.807, 2.05) is 24.3 Å². The van der Waals surface area contributed by atoms with Crippen LogP contribution >= 0.6 is 15.9 Å². The molecule has 1 aliphatic heterocycles. The van der Waals surface area contributed by atoms with Gasteiger partial charge in [-0.15, -0.1) is 0 Å². The molecule has 0 N–H and O–H groups in total. The highest BCUT2D eigenvalue weighted by atomic mass is 79.9. The molecule has 4 rings (SSSR count). The minimum absolute atomic E-state index is 0.0610. The summed E-state index contributed by atoms with van der Waals surface area (Å²) in [4.78, 5) is 10.6. The molecule has 3 aromatic carbocycles. The first-order valence-corrected chi connectivity index (χ1v) is 9.60. The first-order chi connectivity index (χ1) is 14.3. The number of nitro benzene ring substituents is 1. The summed E-state index contributed by atoms with van der Waals surface area (Å²) in [6, 6.07) is 16.2. The number of nitrogens with zero attached hydrogens (tertiary/aromatic N) is 3. The van der Waals surface area contributed by atoms with Gasteiger partial charge in [-0.05, 0) is 22.9 Å². The molecule has 0 spiro atoms. The van der Waals surface area contributed by atoms with Gasteiger partial charge in [-0.25, -0.2) is 5.01 Å². The fourth-order valence-corrected chi connectivity index (χ4v) is 3.99. The SMILES string of the molecule is O=[N+]([O-])c1ccccc1C1C=CN(c2cc(Br)c3ccccc3c2)N=C1C(F)(F)F. The van der Waals surface area contributed by atoms with Crippen LogP contribution < -0.4 is 5.01 Å². The summed E-state index contributed by atoms with van der Waals surface area (Å²) in [5.41, 5.74) is -1.14. The molecule has 0 aromatic heterocycles. The number of benzene rings is 3. The van der Waals surface area contributed by atoms with Crippen molar-refractivity contribution in [3.05, 3.63) is 93.1 Å². The van der Waals surface area contributed by atoms with E-state index in [1.165, 1.54) is 36.5 Å². The van der Waals surface area contributed by atoms with E-state index in [1.54, 1.807) is 12.1 Å². The van der Waals surface area contributed by atoms with Crippen molar-refractivity contribution in [3.63, 3.8) is 0 Å². The lowest BCUT2D eigenvalue weighted by Gasteiger charge is -2.27. The number of nitro groups is 1. The average molecular weight is 476 g/mol. The standard InChI is InChI=1S/C21H13BrF3N3O2/c22-18-12-14(11-13-5-1-2-6-15(13)18)27-10-9-17(20(26-27)21(23,24)25)16-7-3-4-8-19(16)28(29)30/h1-12,17H. The number of allylic oxidation sites excluding steroid dienone is 1. The molecular weight excluding hydrogens is 463 g/mol. The topological polar surface area (TPSA) is 58.7 Å². The van der Waals surface area contributed by atoms with Crippen LogP contribution in [0.1, 0.15) is 11.5 Å². The molecule has 9 heteroatoms. The number of hydrazone groups is 1. The quantitative estimate of drug-likeness (QED) is 0.318. The summed E-state index contributed by atoms with van der Waals surface area (Å²) in [6.45, 7) is 0. The molecule has 0 aliphatic carbocycles. The molecule has 0 fully saturated rings. The third-order valence-corrected chi connectivity index (χ3v) is 5.41. The van der Waals surface area contributed by atoms with Crippen LogP contribution in [0.4, 0.5) is 24.5 Å². The van der Waals surface area contributed by atoms with Gasteiger partial charge >= 0.3 is 6.18 Å². The highest BCUT2D eigenvalue weighted by molar-refractivity contribution is 9.10. The first kappa shape index (κ1) is 20.1. The van der Waals surface area contributed by atoms with Crippen LogP contribution in [0.3, 0.4) is 0 Å². The second kappa shape index (κ2) is 7.56. The number of halogens is 4. The van der Waals surface area contributed by atoms with Crippen molar-refractivity contribution < 1.29 is 18.1 Å². The molecule has 1 atom stereocenters. The van der Waals surface area contributed by atoms with E-state index in [-0.39, 0.29) is 11.3 Å². The molecule has 1 unspecified atom stereocenters. The fourth-order valence-electron chi connectivity index (χ4n) is 3.40. The minimum atomic E-state index is -4.77. The molecule has 152 valence electrons.